The summed E-state index contributed by atoms with van der Waals surface area (Å²) >= 11 is 0. The molecule has 2 aromatic carbocycles. The van der Waals surface area contributed by atoms with Crippen LogP contribution in [0.15, 0.2) is 90.6 Å². The molecule has 222 valence electrons. The number of likely N-dealkylation sites (N-methyl/N-ethyl adjacent to an activating group) is 1. The topological polar surface area (TPSA) is 47.8 Å². The Morgan fingerprint density at radius 2 is 1.50 bits per heavy atom. The number of rotatable bonds is 9. The van der Waals surface area contributed by atoms with Crippen LogP contribution in [0.2, 0.25) is 0 Å². The Morgan fingerprint density at radius 1 is 0.881 bits per heavy atom. The van der Waals surface area contributed by atoms with Crippen LogP contribution in [0, 0.1) is 0 Å². The fourth-order valence-corrected chi connectivity index (χ4v) is 5.39. The molecule has 42 heavy (non-hydrogen) atoms. The van der Waals surface area contributed by atoms with E-state index in [0.29, 0.717) is 13.1 Å². The lowest BCUT2D eigenvalue weighted by Crippen LogP contribution is -2.36. The van der Waals surface area contributed by atoms with E-state index in [1.54, 1.807) is 0 Å². The molecular weight excluding hydrogens is 520 g/mol. The molecule has 0 aromatic heterocycles. The number of allylic oxidation sites excluding steroid dienone is 7. The summed E-state index contributed by atoms with van der Waals surface area (Å²) in [5.41, 5.74) is 8.22. The Hall–Kier alpha value is -4.06. The normalized spacial score (nSPS) is 17.2. The van der Waals surface area contributed by atoms with Gasteiger partial charge in [-0.25, -0.2) is 9.37 Å². The van der Waals surface area contributed by atoms with E-state index >= 15 is 0 Å². The van der Waals surface area contributed by atoms with E-state index in [1.165, 1.54) is 33.7 Å². The number of nitrogens with zero attached hydrogens (tertiary/aromatic N) is 3. The van der Waals surface area contributed by atoms with E-state index in [1.807, 2.05) is 0 Å². The zero-order valence-corrected chi connectivity index (χ0v) is 26.0. The fraction of sp³-hybridized carbons (Fsp3) is 0.389. The lowest BCUT2D eigenvalue weighted by Gasteiger charge is -2.24. The van der Waals surface area contributed by atoms with Crippen molar-refractivity contribution in [3.05, 3.63) is 102 Å². The highest BCUT2D eigenvalue weighted by molar-refractivity contribution is 6.04. The number of anilines is 2. The van der Waals surface area contributed by atoms with Gasteiger partial charge in [-0.05, 0) is 97.7 Å². The van der Waals surface area contributed by atoms with Crippen molar-refractivity contribution in [1.82, 2.24) is 5.32 Å². The number of alkyl carbamates (subject to hydrolysis) is 1. The molecule has 1 amide bonds. The minimum Gasteiger partial charge on any atom is -0.446 e. The summed E-state index contributed by atoms with van der Waals surface area (Å²) < 4.78 is 7.82. The molecule has 1 unspecified atom stereocenters. The van der Waals surface area contributed by atoms with Gasteiger partial charge in [0.15, 0.2) is 5.71 Å². The summed E-state index contributed by atoms with van der Waals surface area (Å²) in [7, 11) is 8.25. The molecule has 2 aromatic rings. The van der Waals surface area contributed by atoms with Crippen LogP contribution < -0.4 is 15.1 Å². The number of benzene rings is 2. The fourth-order valence-electron chi connectivity index (χ4n) is 5.39. The molecular formula is C36H47N4O2+. The number of hydrogen-bond donors (Lipinski definition) is 1. The van der Waals surface area contributed by atoms with Gasteiger partial charge in [-0.2, -0.15) is 0 Å². The van der Waals surface area contributed by atoms with Gasteiger partial charge in [0.05, 0.1) is 0 Å². The molecule has 0 fully saturated rings. The summed E-state index contributed by atoms with van der Waals surface area (Å²) in [4.78, 5) is 16.8. The summed E-state index contributed by atoms with van der Waals surface area (Å²) in [6, 6.07) is 17.5. The molecule has 6 nitrogen and oxygen atoms in total. The first-order chi connectivity index (χ1) is 20.4. The summed E-state index contributed by atoms with van der Waals surface area (Å²) in [6.45, 7) is 4.24. The molecule has 1 N–H and O–H groups in total. The van der Waals surface area contributed by atoms with Crippen molar-refractivity contribution in [3.63, 3.8) is 0 Å². The van der Waals surface area contributed by atoms with Crippen LogP contribution in [0.1, 0.15) is 50.2 Å². The van der Waals surface area contributed by atoms with Gasteiger partial charge in [-0.1, -0.05) is 36.4 Å². The molecule has 4 rings (SSSR count). The van der Waals surface area contributed by atoms with Gasteiger partial charge >= 0.3 is 6.09 Å². The standard InChI is InChI=1S/C36H46N4O2/c1-6-40(27-26-37-36(41)42-34-12-10-8-7-9-11-13-34)33-24-18-30(19-25-33)35(28-14-20-31(21-15-28)38(2)3)29-16-22-32(23-17-29)39(4)5/h7-8,14-25,34H,6,9-13,26-27H2,1-5H3/p+1/b8-7-. The predicted octanol–water partition coefficient (Wildman–Crippen LogP) is 6.84. The summed E-state index contributed by atoms with van der Waals surface area (Å²) in [5.74, 6) is 0. The third kappa shape index (κ3) is 8.48. The molecule has 0 saturated heterocycles. The Morgan fingerprint density at radius 3 is 2.10 bits per heavy atom. The highest BCUT2D eigenvalue weighted by atomic mass is 16.6. The van der Waals surface area contributed by atoms with Gasteiger partial charge in [-0.15, -0.1) is 0 Å². The lowest BCUT2D eigenvalue weighted by molar-refractivity contribution is -0.462. The zero-order chi connectivity index (χ0) is 29.9. The van der Waals surface area contributed by atoms with E-state index in [0.717, 1.165) is 44.3 Å². The van der Waals surface area contributed by atoms with Crippen molar-refractivity contribution in [2.24, 2.45) is 0 Å². The molecule has 2 aliphatic rings. The van der Waals surface area contributed by atoms with Crippen molar-refractivity contribution >= 4 is 28.8 Å². The van der Waals surface area contributed by atoms with Crippen molar-refractivity contribution < 1.29 is 14.1 Å². The second-order valence-electron chi connectivity index (χ2n) is 11.3. The van der Waals surface area contributed by atoms with Gasteiger partial charge in [0.2, 0.25) is 0 Å². The third-order valence-corrected chi connectivity index (χ3v) is 7.89. The largest absolute Gasteiger partial charge is 0.446 e. The maximum absolute atomic E-state index is 12.4. The van der Waals surface area contributed by atoms with Crippen LogP contribution in [0.3, 0.4) is 0 Å². The van der Waals surface area contributed by atoms with Gasteiger partial charge in [0, 0.05) is 57.3 Å². The molecule has 6 heteroatoms. The highest BCUT2D eigenvalue weighted by Crippen LogP contribution is 2.32. The van der Waals surface area contributed by atoms with Crippen molar-refractivity contribution in [1.29, 1.82) is 0 Å². The first kappa shape index (κ1) is 30.9. The Balaban J connectivity index is 1.46. The number of ether oxygens (including phenoxy) is 1. The number of carbonyl (C=O) groups excluding carboxylic acids is 1. The van der Waals surface area contributed by atoms with Gasteiger partial charge < -0.3 is 19.9 Å². The van der Waals surface area contributed by atoms with Crippen LogP contribution in [0.25, 0.3) is 5.57 Å². The molecule has 0 saturated carbocycles. The lowest BCUT2D eigenvalue weighted by atomic mass is 9.90. The minimum atomic E-state index is -0.309. The van der Waals surface area contributed by atoms with Crippen LogP contribution in [0.4, 0.5) is 16.2 Å². The highest BCUT2D eigenvalue weighted by Gasteiger charge is 2.16. The first-order valence-electron chi connectivity index (χ1n) is 15.2. The quantitative estimate of drug-likeness (QED) is 0.266. The summed E-state index contributed by atoms with van der Waals surface area (Å²) in [5, 5.41) is 2.97. The third-order valence-electron chi connectivity index (χ3n) is 7.89. The molecule has 0 radical (unpaired) electrons. The monoisotopic (exact) mass is 567 g/mol. The second kappa shape index (κ2) is 15.2. The number of carbonyl (C=O) groups is 1. The Labute approximate surface area is 252 Å². The number of nitrogens with one attached hydrogen (secondary N) is 1. The van der Waals surface area contributed by atoms with Crippen LogP contribution in [-0.2, 0) is 4.74 Å². The van der Waals surface area contributed by atoms with Gasteiger partial charge in [0.25, 0.3) is 0 Å². The second-order valence-corrected chi connectivity index (χ2v) is 11.3. The SMILES string of the molecule is CCN(CCNC(=O)OC1CC/C=C\CCC1)c1ccc(C(=C2C=CC(=[N+](C)C)C=C2)c2ccc(N(C)C)cc2)cc1. The smallest absolute Gasteiger partial charge is 0.407 e. The maximum atomic E-state index is 12.4. The van der Waals surface area contributed by atoms with E-state index in [-0.39, 0.29) is 12.2 Å². The molecule has 2 aliphatic carbocycles. The Kier molecular flexibility index (Phi) is 11.2. The summed E-state index contributed by atoms with van der Waals surface area (Å²) in [6.07, 6.45) is 17.8. The number of hydrogen-bond acceptors (Lipinski definition) is 4. The first-order valence-corrected chi connectivity index (χ1v) is 15.2. The van der Waals surface area contributed by atoms with Crippen molar-refractivity contribution in [2.45, 2.75) is 45.1 Å². The van der Waals surface area contributed by atoms with Crippen molar-refractivity contribution in [2.75, 3.05) is 57.6 Å². The van der Waals surface area contributed by atoms with Crippen LogP contribution in [0.5, 0.6) is 0 Å². The molecule has 0 aliphatic heterocycles. The Bertz CT molecular complexity index is 1330. The van der Waals surface area contributed by atoms with E-state index in [2.05, 4.69) is 140 Å². The average molecular weight is 568 g/mol. The van der Waals surface area contributed by atoms with Crippen molar-refractivity contribution in [3.8, 4) is 0 Å². The van der Waals surface area contributed by atoms with Gasteiger partial charge in [0.1, 0.15) is 20.2 Å². The molecule has 0 bridgehead atoms. The minimum absolute atomic E-state index is 0.00777. The van der Waals surface area contributed by atoms with Gasteiger partial charge in [-0.3, -0.25) is 0 Å². The van der Waals surface area contributed by atoms with E-state index < -0.39 is 0 Å². The number of amides is 1. The average Bonchev–Trinajstić information content (AvgIpc) is 2.98. The molecule has 0 spiro atoms. The van der Waals surface area contributed by atoms with Crippen LogP contribution in [-0.4, -0.2) is 70.3 Å². The molecule has 0 heterocycles. The van der Waals surface area contributed by atoms with Crippen LogP contribution >= 0.6 is 0 Å². The molecule has 1 atom stereocenters. The predicted molar refractivity (Wildman–Crippen MR) is 177 cm³/mol. The van der Waals surface area contributed by atoms with E-state index in [4.69, 9.17) is 4.74 Å². The van der Waals surface area contributed by atoms with E-state index in [9.17, 15) is 4.79 Å². The maximum Gasteiger partial charge on any atom is 0.407 e. The zero-order valence-electron chi connectivity index (χ0n) is 26.0.